The summed E-state index contributed by atoms with van der Waals surface area (Å²) >= 11 is 0. The van der Waals surface area contributed by atoms with E-state index < -0.39 is 0 Å². The zero-order valence-corrected chi connectivity index (χ0v) is 18.8. The van der Waals surface area contributed by atoms with Gasteiger partial charge in [0.15, 0.2) is 0 Å². The maximum absolute atomic E-state index is 2.60. The highest BCUT2D eigenvalue weighted by molar-refractivity contribution is 5.63. The fourth-order valence-corrected chi connectivity index (χ4v) is 6.19. The molecule has 0 aromatic heterocycles. The van der Waals surface area contributed by atoms with Gasteiger partial charge in [-0.25, -0.2) is 0 Å². The van der Waals surface area contributed by atoms with Gasteiger partial charge in [0.05, 0.1) is 0 Å². The lowest BCUT2D eigenvalue weighted by Gasteiger charge is -2.39. The molecule has 33 heavy (non-hydrogen) atoms. The summed E-state index contributed by atoms with van der Waals surface area (Å²) in [6.07, 6.45) is 8.33. The Morgan fingerprint density at radius 3 is 1.36 bits per heavy atom. The van der Waals surface area contributed by atoms with Crippen molar-refractivity contribution in [1.82, 2.24) is 0 Å². The zero-order chi connectivity index (χ0) is 22.1. The van der Waals surface area contributed by atoms with Crippen molar-refractivity contribution in [2.24, 2.45) is 0 Å². The minimum atomic E-state index is -0.120. The Morgan fingerprint density at radius 2 is 0.909 bits per heavy atom. The summed E-state index contributed by atoms with van der Waals surface area (Å²) in [5.41, 5.74) is 8.35. The quantitative estimate of drug-likeness (QED) is 0.311. The molecule has 1 fully saturated rings. The van der Waals surface area contributed by atoms with Crippen molar-refractivity contribution in [3.05, 3.63) is 167 Å². The highest BCUT2D eigenvalue weighted by Gasteiger charge is 2.47. The number of allylic oxidation sites excluding steroid dienone is 4. The molecule has 0 N–H and O–H groups in total. The van der Waals surface area contributed by atoms with Crippen LogP contribution < -0.4 is 0 Å². The van der Waals surface area contributed by atoms with Crippen molar-refractivity contribution in [3.63, 3.8) is 0 Å². The van der Waals surface area contributed by atoms with Crippen molar-refractivity contribution in [1.29, 1.82) is 0 Å². The average molecular weight is 425 g/mol. The molecule has 0 radical (unpaired) electrons. The summed E-state index contributed by atoms with van der Waals surface area (Å²) in [6.45, 7) is 0. The molecule has 2 aliphatic rings. The van der Waals surface area contributed by atoms with Crippen LogP contribution in [0.2, 0.25) is 0 Å². The molecule has 0 saturated heterocycles. The topological polar surface area (TPSA) is 0 Å². The summed E-state index contributed by atoms with van der Waals surface area (Å²) < 4.78 is 0. The fraction of sp³-hybridized carbons (Fsp3) is 0.152. The zero-order valence-electron chi connectivity index (χ0n) is 18.8. The molecular formula is C33H28. The van der Waals surface area contributed by atoms with Crippen molar-refractivity contribution >= 4 is 0 Å². The molecule has 0 aliphatic heterocycles. The van der Waals surface area contributed by atoms with Gasteiger partial charge < -0.3 is 0 Å². The van der Waals surface area contributed by atoms with E-state index in [0.717, 1.165) is 19.3 Å². The molecular weight excluding hydrogens is 396 g/mol. The first-order valence-corrected chi connectivity index (χ1v) is 12.0. The van der Waals surface area contributed by atoms with E-state index in [1.165, 1.54) is 33.4 Å². The van der Waals surface area contributed by atoms with Crippen LogP contribution in [0.15, 0.2) is 145 Å². The van der Waals surface area contributed by atoms with Gasteiger partial charge in [-0.1, -0.05) is 133 Å². The van der Waals surface area contributed by atoms with Crippen molar-refractivity contribution in [3.8, 4) is 0 Å². The van der Waals surface area contributed by atoms with Crippen LogP contribution in [0.4, 0.5) is 0 Å². The average Bonchev–Trinajstić information content (AvgIpc) is 3.30. The third kappa shape index (κ3) is 3.13. The highest BCUT2D eigenvalue weighted by Crippen LogP contribution is 2.56. The van der Waals surface area contributed by atoms with Crippen LogP contribution in [0.5, 0.6) is 0 Å². The van der Waals surface area contributed by atoms with Crippen molar-refractivity contribution in [2.75, 3.05) is 0 Å². The monoisotopic (exact) mass is 424 g/mol. The van der Waals surface area contributed by atoms with Gasteiger partial charge in [0.1, 0.15) is 0 Å². The molecule has 1 saturated carbocycles. The Morgan fingerprint density at radius 1 is 0.485 bits per heavy atom. The number of rotatable bonds is 4. The summed E-state index contributed by atoms with van der Waals surface area (Å²) in [6, 6.07) is 44.3. The molecule has 0 heteroatoms. The fourth-order valence-electron chi connectivity index (χ4n) is 6.19. The second-order valence-corrected chi connectivity index (χ2v) is 9.33. The van der Waals surface area contributed by atoms with Crippen LogP contribution in [-0.2, 0) is 10.8 Å². The summed E-state index contributed by atoms with van der Waals surface area (Å²) in [4.78, 5) is 0. The molecule has 0 nitrogen and oxygen atoms in total. The Hall–Kier alpha value is -3.64. The lowest BCUT2D eigenvalue weighted by atomic mass is 9.64. The summed E-state index contributed by atoms with van der Waals surface area (Å²) in [5.74, 6) is 0. The first-order chi connectivity index (χ1) is 16.3. The first kappa shape index (κ1) is 20.0. The maximum Gasteiger partial charge on any atom is 0.0454 e. The van der Waals surface area contributed by atoms with Crippen LogP contribution in [-0.4, -0.2) is 0 Å². The molecule has 0 heterocycles. The van der Waals surface area contributed by atoms with Crippen molar-refractivity contribution in [2.45, 2.75) is 30.1 Å². The minimum Gasteiger partial charge on any atom is -0.0783 e. The number of hydrogen-bond donors (Lipinski definition) is 0. The van der Waals surface area contributed by atoms with Gasteiger partial charge in [-0.3, -0.25) is 0 Å². The number of benzene rings is 4. The van der Waals surface area contributed by atoms with E-state index in [9.17, 15) is 0 Å². The van der Waals surface area contributed by atoms with Gasteiger partial charge >= 0.3 is 0 Å². The SMILES string of the molecule is C1=C2CCC(c3ccccc3)(c3ccccc3)C2=CCC1(c1ccccc1)c1ccccc1. The molecule has 0 amide bonds. The molecule has 0 unspecified atom stereocenters. The molecule has 4 aromatic carbocycles. The predicted octanol–water partition coefficient (Wildman–Crippen LogP) is 8.01. The van der Waals surface area contributed by atoms with Gasteiger partial charge in [0.2, 0.25) is 0 Å². The van der Waals surface area contributed by atoms with Crippen LogP contribution in [0.3, 0.4) is 0 Å². The van der Waals surface area contributed by atoms with Gasteiger partial charge in [0, 0.05) is 10.8 Å². The second-order valence-electron chi connectivity index (χ2n) is 9.33. The Kier molecular flexibility index (Phi) is 4.88. The van der Waals surface area contributed by atoms with Gasteiger partial charge in [0.25, 0.3) is 0 Å². The summed E-state index contributed by atoms with van der Waals surface area (Å²) in [5, 5.41) is 0. The molecule has 0 bridgehead atoms. The third-order valence-electron chi connectivity index (χ3n) is 7.73. The van der Waals surface area contributed by atoms with Gasteiger partial charge in [-0.15, -0.1) is 0 Å². The van der Waals surface area contributed by atoms with E-state index >= 15 is 0 Å². The van der Waals surface area contributed by atoms with E-state index in [1.54, 1.807) is 0 Å². The van der Waals surface area contributed by atoms with Crippen LogP contribution in [0.1, 0.15) is 41.5 Å². The van der Waals surface area contributed by atoms with Gasteiger partial charge in [-0.2, -0.15) is 0 Å². The van der Waals surface area contributed by atoms with E-state index in [-0.39, 0.29) is 10.8 Å². The molecule has 160 valence electrons. The van der Waals surface area contributed by atoms with Crippen LogP contribution in [0, 0.1) is 0 Å². The van der Waals surface area contributed by atoms with E-state index in [4.69, 9.17) is 0 Å². The maximum atomic E-state index is 2.60. The van der Waals surface area contributed by atoms with Gasteiger partial charge in [-0.05, 0) is 52.7 Å². The Labute approximate surface area is 196 Å². The number of hydrogen-bond acceptors (Lipinski definition) is 0. The lowest BCUT2D eigenvalue weighted by molar-refractivity contribution is 0.601. The standard InChI is InChI=1S/C33H28/c1-5-13-27(14-6-1)32(28-15-7-2-8-16-28)23-22-31-26(25-32)21-24-33(31,29-17-9-3-10-18-29)30-19-11-4-12-20-30/h1-20,22,25H,21,23-24H2. The molecule has 4 aromatic rings. The highest BCUT2D eigenvalue weighted by atomic mass is 14.5. The molecule has 0 atom stereocenters. The molecule has 6 rings (SSSR count). The number of fused-ring (bicyclic) bond motifs is 1. The van der Waals surface area contributed by atoms with E-state index in [0.29, 0.717) is 0 Å². The minimum absolute atomic E-state index is 0.0755. The Balaban J connectivity index is 1.54. The summed E-state index contributed by atoms with van der Waals surface area (Å²) in [7, 11) is 0. The van der Waals surface area contributed by atoms with Crippen LogP contribution >= 0.6 is 0 Å². The van der Waals surface area contributed by atoms with E-state index in [1.807, 2.05) is 0 Å². The normalized spacial score (nSPS) is 18.2. The van der Waals surface area contributed by atoms with Crippen molar-refractivity contribution < 1.29 is 0 Å². The molecule has 0 spiro atoms. The Bertz CT molecular complexity index is 1220. The van der Waals surface area contributed by atoms with Crippen LogP contribution in [0.25, 0.3) is 0 Å². The lowest BCUT2D eigenvalue weighted by Crippen LogP contribution is -2.31. The second kappa shape index (κ2) is 8.05. The smallest absolute Gasteiger partial charge is 0.0454 e. The largest absolute Gasteiger partial charge is 0.0783 e. The predicted molar refractivity (Wildman–Crippen MR) is 137 cm³/mol. The third-order valence-corrected chi connectivity index (χ3v) is 7.73. The van der Waals surface area contributed by atoms with E-state index in [2.05, 4.69) is 133 Å². The first-order valence-electron chi connectivity index (χ1n) is 12.0. The molecule has 2 aliphatic carbocycles.